The maximum absolute atomic E-state index is 10.5. The molecule has 2 rings (SSSR count). The summed E-state index contributed by atoms with van der Waals surface area (Å²) in [4.78, 5) is 12.8. The zero-order valence-corrected chi connectivity index (χ0v) is 9.57. The van der Waals surface area contributed by atoms with Crippen molar-refractivity contribution in [1.82, 2.24) is 0 Å². The first-order chi connectivity index (χ1) is 7.66. The van der Waals surface area contributed by atoms with Crippen molar-refractivity contribution >= 4 is 11.7 Å². The Hall–Kier alpha value is -1.51. The molecule has 0 saturated heterocycles. The van der Waals surface area contributed by atoms with Crippen LogP contribution in [0.5, 0.6) is 0 Å². The largest absolute Gasteiger partial charge is 0.481 e. The van der Waals surface area contributed by atoms with Crippen molar-refractivity contribution in [2.45, 2.75) is 25.7 Å². The molecule has 3 heteroatoms. The second kappa shape index (κ2) is 4.56. The van der Waals surface area contributed by atoms with Crippen molar-refractivity contribution in [3.05, 3.63) is 29.3 Å². The number of anilines is 1. The third-order valence-corrected chi connectivity index (χ3v) is 3.13. The van der Waals surface area contributed by atoms with Crippen LogP contribution >= 0.6 is 0 Å². The molecule has 0 aliphatic carbocycles. The summed E-state index contributed by atoms with van der Waals surface area (Å²) in [5.41, 5.74) is 3.77. The zero-order valence-electron chi connectivity index (χ0n) is 9.57. The molecule has 16 heavy (non-hydrogen) atoms. The van der Waals surface area contributed by atoms with Crippen LogP contribution in [0.4, 0.5) is 5.69 Å². The van der Waals surface area contributed by atoms with Crippen molar-refractivity contribution in [3.8, 4) is 0 Å². The van der Waals surface area contributed by atoms with Crippen molar-refractivity contribution in [2.75, 3.05) is 18.5 Å². The fourth-order valence-corrected chi connectivity index (χ4v) is 2.21. The van der Waals surface area contributed by atoms with E-state index >= 15 is 0 Å². The van der Waals surface area contributed by atoms with Gasteiger partial charge in [-0.2, -0.15) is 0 Å². The number of nitrogens with zero attached hydrogens (tertiary/aromatic N) is 1. The van der Waals surface area contributed by atoms with Crippen LogP contribution < -0.4 is 4.90 Å². The van der Waals surface area contributed by atoms with E-state index in [2.05, 4.69) is 30.1 Å². The van der Waals surface area contributed by atoms with E-state index in [-0.39, 0.29) is 6.42 Å². The van der Waals surface area contributed by atoms with E-state index in [1.165, 1.54) is 17.7 Å². The topological polar surface area (TPSA) is 40.5 Å². The molecule has 0 amide bonds. The number of aryl methyl sites for hydroxylation is 2. The predicted molar refractivity (Wildman–Crippen MR) is 64.0 cm³/mol. The van der Waals surface area contributed by atoms with E-state index in [9.17, 15) is 4.79 Å². The molecule has 0 atom stereocenters. The molecule has 1 aliphatic rings. The van der Waals surface area contributed by atoms with E-state index in [1.54, 1.807) is 0 Å². The van der Waals surface area contributed by atoms with Crippen molar-refractivity contribution in [1.29, 1.82) is 0 Å². The van der Waals surface area contributed by atoms with Crippen LogP contribution in [-0.4, -0.2) is 24.7 Å². The smallest absolute Gasteiger partial charge is 0.303 e. The molecule has 0 saturated carbocycles. The molecule has 1 heterocycles. The molecule has 3 nitrogen and oxygen atoms in total. The Bertz CT molecular complexity index is 401. The van der Waals surface area contributed by atoms with Gasteiger partial charge in [-0.3, -0.25) is 4.79 Å². The number of aliphatic carboxylic acids is 1. The van der Waals surface area contributed by atoms with Gasteiger partial charge in [0.15, 0.2) is 0 Å². The number of carboxylic acid groups (broad SMARTS) is 1. The van der Waals surface area contributed by atoms with Gasteiger partial charge in [0.1, 0.15) is 0 Å². The second-order valence-electron chi connectivity index (χ2n) is 4.38. The Labute approximate surface area is 95.7 Å². The number of hydrogen-bond donors (Lipinski definition) is 1. The Morgan fingerprint density at radius 3 is 3.06 bits per heavy atom. The fraction of sp³-hybridized carbons (Fsp3) is 0.462. The third-order valence-electron chi connectivity index (χ3n) is 3.13. The normalized spacial score (nSPS) is 14.7. The van der Waals surface area contributed by atoms with Gasteiger partial charge in [0.25, 0.3) is 0 Å². The van der Waals surface area contributed by atoms with Crippen molar-refractivity contribution < 1.29 is 9.90 Å². The highest BCUT2D eigenvalue weighted by Gasteiger charge is 2.13. The molecule has 0 spiro atoms. The predicted octanol–water partition coefficient (Wildman–Crippen LogP) is 2.09. The lowest BCUT2D eigenvalue weighted by atomic mass is 9.98. The quantitative estimate of drug-likeness (QED) is 0.846. The summed E-state index contributed by atoms with van der Waals surface area (Å²) in [6.45, 7) is 1.09. The van der Waals surface area contributed by atoms with Gasteiger partial charge in [0.2, 0.25) is 0 Å². The maximum atomic E-state index is 10.5. The SMILES string of the molecule is CN1CCCc2ccc(CCC(=O)O)cc21. The highest BCUT2D eigenvalue weighted by molar-refractivity contribution is 5.67. The highest BCUT2D eigenvalue weighted by atomic mass is 16.4. The zero-order chi connectivity index (χ0) is 11.5. The van der Waals surface area contributed by atoms with Gasteiger partial charge in [0, 0.05) is 25.7 Å². The molecule has 1 aromatic carbocycles. The average Bonchev–Trinajstić information content (AvgIpc) is 2.27. The molecule has 0 aromatic heterocycles. The van der Waals surface area contributed by atoms with Crippen LogP contribution in [0.1, 0.15) is 24.0 Å². The van der Waals surface area contributed by atoms with E-state index < -0.39 is 5.97 Å². The van der Waals surface area contributed by atoms with E-state index in [1.807, 2.05) is 0 Å². The molecule has 86 valence electrons. The number of rotatable bonds is 3. The minimum absolute atomic E-state index is 0.211. The van der Waals surface area contributed by atoms with Gasteiger partial charge in [-0.15, -0.1) is 0 Å². The number of carboxylic acids is 1. The van der Waals surface area contributed by atoms with E-state index in [0.29, 0.717) is 6.42 Å². The molecule has 1 N–H and O–H groups in total. The van der Waals surface area contributed by atoms with Crippen LogP contribution in [0, 0.1) is 0 Å². The Morgan fingerprint density at radius 1 is 1.50 bits per heavy atom. The van der Waals surface area contributed by atoms with Crippen LogP contribution in [0.2, 0.25) is 0 Å². The molecule has 0 radical (unpaired) electrons. The summed E-state index contributed by atoms with van der Waals surface area (Å²) in [6.07, 6.45) is 3.18. The fourth-order valence-electron chi connectivity index (χ4n) is 2.21. The van der Waals surface area contributed by atoms with Gasteiger partial charge < -0.3 is 10.0 Å². The molecule has 0 fully saturated rings. The molecule has 1 aliphatic heterocycles. The minimum Gasteiger partial charge on any atom is -0.481 e. The van der Waals surface area contributed by atoms with E-state index in [4.69, 9.17) is 5.11 Å². The van der Waals surface area contributed by atoms with Crippen molar-refractivity contribution in [3.63, 3.8) is 0 Å². The van der Waals surface area contributed by atoms with Gasteiger partial charge in [-0.25, -0.2) is 0 Å². The lowest BCUT2D eigenvalue weighted by Gasteiger charge is -2.28. The first-order valence-electron chi connectivity index (χ1n) is 5.71. The lowest BCUT2D eigenvalue weighted by Crippen LogP contribution is -2.24. The number of fused-ring (bicyclic) bond motifs is 1. The Kier molecular flexibility index (Phi) is 3.13. The van der Waals surface area contributed by atoms with Gasteiger partial charge in [-0.1, -0.05) is 12.1 Å². The summed E-state index contributed by atoms with van der Waals surface area (Å²) in [5.74, 6) is -0.730. The summed E-state index contributed by atoms with van der Waals surface area (Å²) in [7, 11) is 2.10. The monoisotopic (exact) mass is 219 g/mol. The Balaban J connectivity index is 2.17. The molecule has 0 unspecified atom stereocenters. The van der Waals surface area contributed by atoms with Crippen LogP contribution in [0.15, 0.2) is 18.2 Å². The summed E-state index contributed by atoms with van der Waals surface area (Å²) in [5, 5.41) is 8.65. The first kappa shape index (κ1) is 11.0. The standard InChI is InChI=1S/C13H17NO2/c1-14-8-2-3-11-6-4-10(9-12(11)14)5-7-13(15)16/h4,6,9H,2-3,5,7-8H2,1H3,(H,15,16). The van der Waals surface area contributed by atoms with Gasteiger partial charge in [-0.05, 0) is 36.5 Å². The average molecular weight is 219 g/mol. The van der Waals surface area contributed by atoms with Crippen molar-refractivity contribution in [2.24, 2.45) is 0 Å². The number of hydrogen-bond acceptors (Lipinski definition) is 2. The second-order valence-corrected chi connectivity index (χ2v) is 4.38. The minimum atomic E-state index is -0.730. The molecule has 1 aromatic rings. The van der Waals surface area contributed by atoms with Crippen LogP contribution in [-0.2, 0) is 17.6 Å². The Morgan fingerprint density at radius 2 is 2.31 bits per heavy atom. The maximum Gasteiger partial charge on any atom is 0.303 e. The first-order valence-corrected chi connectivity index (χ1v) is 5.71. The lowest BCUT2D eigenvalue weighted by molar-refractivity contribution is -0.136. The van der Waals surface area contributed by atoms with E-state index in [0.717, 1.165) is 18.5 Å². The number of benzene rings is 1. The van der Waals surface area contributed by atoms with Crippen LogP contribution in [0.3, 0.4) is 0 Å². The molecular weight excluding hydrogens is 202 g/mol. The summed E-state index contributed by atoms with van der Waals surface area (Å²) < 4.78 is 0. The number of carbonyl (C=O) groups is 1. The van der Waals surface area contributed by atoms with Gasteiger partial charge in [0.05, 0.1) is 0 Å². The highest BCUT2D eigenvalue weighted by Crippen LogP contribution is 2.27. The van der Waals surface area contributed by atoms with Crippen LogP contribution in [0.25, 0.3) is 0 Å². The molecular formula is C13H17NO2. The van der Waals surface area contributed by atoms with Gasteiger partial charge >= 0.3 is 5.97 Å². The summed E-state index contributed by atoms with van der Waals surface area (Å²) in [6, 6.07) is 6.33. The summed E-state index contributed by atoms with van der Waals surface area (Å²) >= 11 is 0. The molecule has 0 bridgehead atoms. The third kappa shape index (κ3) is 2.35.